The summed E-state index contributed by atoms with van der Waals surface area (Å²) in [6.45, 7) is 2.44. The lowest BCUT2D eigenvalue weighted by Gasteiger charge is -2.08. The fraction of sp³-hybridized carbons (Fsp3) is 0.231. The van der Waals surface area contributed by atoms with Crippen molar-refractivity contribution >= 4 is 49.9 Å². The molecule has 3 nitrogen and oxygen atoms in total. The molecule has 0 aliphatic carbocycles. The third-order valence-electron chi connectivity index (χ3n) is 2.95. The van der Waals surface area contributed by atoms with E-state index in [-0.39, 0.29) is 11.2 Å². The molecular formula is C13H10BrClFN3S. The van der Waals surface area contributed by atoms with E-state index >= 15 is 0 Å². The number of imidazole rings is 1. The highest BCUT2D eigenvalue weighted by Gasteiger charge is 2.17. The highest BCUT2D eigenvalue weighted by molar-refractivity contribution is 9.10. The van der Waals surface area contributed by atoms with Gasteiger partial charge in [-0.1, -0.05) is 0 Å². The van der Waals surface area contributed by atoms with Crippen LogP contribution in [0.1, 0.15) is 23.1 Å². The van der Waals surface area contributed by atoms with E-state index in [9.17, 15) is 4.39 Å². The molecule has 0 N–H and O–H groups in total. The largest absolute Gasteiger partial charge is 0.320 e. The lowest BCUT2D eigenvalue weighted by atomic mass is 10.3. The number of benzene rings is 1. The lowest BCUT2D eigenvalue weighted by Crippen LogP contribution is -2.05. The van der Waals surface area contributed by atoms with E-state index < -0.39 is 0 Å². The van der Waals surface area contributed by atoms with Crippen LogP contribution < -0.4 is 0 Å². The van der Waals surface area contributed by atoms with Crippen molar-refractivity contribution in [1.82, 2.24) is 14.5 Å². The Morgan fingerprint density at radius 3 is 2.95 bits per heavy atom. The van der Waals surface area contributed by atoms with E-state index in [2.05, 4.69) is 25.9 Å². The molecule has 3 rings (SSSR count). The van der Waals surface area contributed by atoms with Crippen molar-refractivity contribution < 1.29 is 4.39 Å². The second-order valence-electron chi connectivity index (χ2n) is 4.35. The number of rotatable bonds is 3. The summed E-state index contributed by atoms with van der Waals surface area (Å²) in [4.78, 5) is 8.72. The van der Waals surface area contributed by atoms with E-state index in [0.717, 1.165) is 16.3 Å². The Morgan fingerprint density at radius 2 is 2.30 bits per heavy atom. The maximum Gasteiger partial charge on any atom is 0.139 e. The van der Waals surface area contributed by atoms with Gasteiger partial charge in [-0.3, -0.25) is 0 Å². The zero-order chi connectivity index (χ0) is 14.3. The molecule has 2 aromatic heterocycles. The van der Waals surface area contributed by atoms with Crippen molar-refractivity contribution in [2.75, 3.05) is 0 Å². The number of nitrogens with zero attached hydrogens (tertiary/aromatic N) is 3. The molecule has 20 heavy (non-hydrogen) atoms. The van der Waals surface area contributed by atoms with Gasteiger partial charge in [0, 0.05) is 17.6 Å². The predicted molar refractivity (Wildman–Crippen MR) is 82.9 cm³/mol. The minimum atomic E-state index is -0.329. The predicted octanol–water partition coefficient (Wildman–Crippen LogP) is 4.74. The Labute approximate surface area is 132 Å². The summed E-state index contributed by atoms with van der Waals surface area (Å²) in [6, 6.07) is 3.15. The highest BCUT2D eigenvalue weighted by Crippen LogP contribution is 2.29. The molecule has 0 saturated heterocycles. The zero-order valence-electron chi connectivity index (χ0n) is 10.5. The molecule has 104 valence electrons. The second-order valence-corrected chi connectivity index (χ2v) is 6.84. The highest BCUT2D eigenvalue weighted by atomic mass is 79.9. The summed E-state index contributed by atoms with van der Waals surface area (Å²) < 4.78 is 16.0. The first-order valence-electron chi connectivity index (χ1n) is 5.94. The molecule has 0 bridgehead atoms. The van der Waals surface area contributed by atoms with Crippen molar-refractivity contribution in [3.05, 3.63) is 44.8 Å². The molecule has 0 amide bonds. The number of fused-ring (bicyclic) bond motifs is 1. The van der Waals surface area contributed by atoms with Crippen molar-refractivity contribution in [2.45, 2.75) is 18.8 Å². The summed E-state index contributed by atoms with van der Waals surface area (Å²) >= 11 is 11.0. The number of alkyl halides is 1. The SMILES string of the molecule is CC(Cl)c1nc2cc(F)c(Br)cc2n1Cc1nccs1. The molecule has 0 fully saturated rings. The lowest BCUT2D eigenvalue weighted by molar-refractivity contribution is 0.622. The van der Waals surface area contributed by atoms with Crippen LogP contribution in [0.25, 0.3) is 11.0 Å². The van der Waals surface area contributed by atoms with Gasteiger partial charge in [0.15, 0.2) is 0 Å². The summed E-state index contributed by atoms with van der Waals surface area (Å²) in [7, 11) is 0. The Bertz CT molecular complexity index is 755. The van der Waals surface area contributed by atoms with E-state index in [1.54, 1.807) is 23.6 Å². The van der Waals surface area contributed by atoms with Gasteiger partial charge in [-0.2, -0.15) is 0 Å². The number of aromatic nitrogens is 3. The Morgan fingerprint density at radius 1 is 1.50 bits per heavy atom. The van der Waals surface area contributed by atoms with Gasteiger partial charge in [-0.25, -0.2) is 14.4 Å². The van der Waals surface area contributed by atoms with Gasteiger partial charge in [-0.05, 0) is 28.9 Å². The number of thiazole rings is 1. The molecule has 0 aliphatic heterocycles. The van der Waals surface area contributed by atoms with E-state index in [1.807, 2.05) is 16.9 Å². The summed E-state index contributed by atoms with van der Waals surface area (Å²) in [6.07, 6.45) is 1.76. The van der Waals surface area contributed by atoms with Crippen LogP contribution in [0.15, 0.2) is 28.2 Å². The van der Waals surface area contributed by atoms with Crippen LogP contribution in [-0.2, 0) is 6.54 Å². The zero-order valence-corrected chi connectivity index (χ0v) is 13.6. The van der Waals surface area contributed by atoms with Crippen LogP contribution in [0.3, 0.4) is 0 Å². The van der Waals surface area contributed by atoms with E-state index in [0.29, 0.717) is 16.5 Å². The van der Waals surface area contributed by atoms with Crippen LogP contribution in [-0.4, -0.2) is 14.5 Å². The first-order chi connectivity index (χ1) is 9.56. The minimum absolute atomic E-state index is 0.260. The quantitative estimate of drug-likeness (QED) is 0.620. The molecular weight excluding hydrogens is 365 g/mol. The first-order valence-corrected chi connectivity index (χ1v) is 8.05. The number of hydrogen-bond acceptors (Lipinski definition) is 3. The standard InChI is InChI=1S/C13H10BrClFN3S/c1-7(15)13-18-10-5-9(16)8(14)4-11(10)19(13)6-12-17-2-3-20-12/h2-5,7H,6H2,1H3. The van der Waals surface area contributed by atoms with Crippen molar-refractivity contribution in [1.29, 1.82) is 0 Å². The van der Waals surface area contributed by atoms with Gasteiger partial charge in [-0.15, -0.1) is 22.9 Å². The van der Waals surface area contributed by atoms with Gasteiger partial charge in [0.1, 0.15) is 16.6 Å². The fourth-order valence-corrected chi connectivity index (χ4v) is 3.18. The van der Waals surface area contributed by atoms with Gasteiger partial charge < -0.3 is 4.57 Å². The van der Waals surface area contributed by atoms with Crippen LogP contribution in [0.2, 0.25) is 0 Å². The smallest absolute Gasteiger partial charge is 0.139 e. The summed E-state index contributed by atoms with van der Waals surface area (Å²) in [5, 5.41) is 2.63. The molecule has 1 unspecified atom stereocenters. The molecule has 1 aromatic carbocycles. The monoisotopic (exact) mass is 373 g/mol. The van der Waals surface area contributed by atoms with Crippen LogP contribution in [0.5, 0.6) is 0 Å². The Kier molecular flexibility index (Phi) is 3.79. The average Bonchev–Trinajstić information content (AvgIpc) is 3.00. The Hall–Kier alpha value is -0.980. The topological polar surface area (TPSA) is 30.7 Å². The van der Waals surface area contributed by atoms with Gasteiger partial charge >= 0.3 is 0 Å². The third-order valence-corrected chi connectivity index (χ3v) is 4.52. The van der Waals surface area contributed by atoms with Crippen LogP contribution >= 0.6 is 38.9 Å². The van der Waals surface area contributed by atoms with Gasteiger partial charge in [0.2, 0.25) is 0 Å². The number of halogens is 3. The first kappa shape index (κ1) is 14.0. The van der Waals surface area contributed by atoms with Crippen LogP contribution in [0.4, 0.5) is 4.39 Å². The normalized spacial score (nSPS) is 13.0. The van der Waals surface area contributed by atoms with E-state index in [1.165, 1.54) is 6.07 Å². The van der Waals surface area contributed by atoms with Crippen molar-refractivity contribution in [3.63, 3.8) is 0 Å². The maximum absolute atomic E-state index is 13.6. The van der Waals surface area contributed by atoms with E-state index in [4.69, 9.17) is 11.6 Å². The third kappa shape index (κ3) is 2.47. The fourth-order valence-electron chi connectivity index (χ4n) is 2.07. The molecule has 3 aromatic rings. The Balaban J connectivity index is 2.20. The molecule has 0 saturated carbocycles. The second kappa shape index (κ2) is 5.42. The molecule has 0 aliphatic rings. The van der Waals surface area contributed by atoms with Crippen molar-refractivity contribution in [2.24, 2.45) is 0 Å². The van der Waals surface area contributed by atoms with Crippen LogP contribution in [0, 0.1) is 5.82 Å². The molecule has 7 heteroatoms. The van der Waals surface area contributed by atoms with Gasteiger partial charge in [0.25, 0.3) is 0 Å². The molecule has 1 atom stereocenters. The minimum Gasteiger partial charge on any atom is -0.320 e. The van der Waals surface area contributed by atoms with Crippen molar-refractivity contribution in [3.8, 4) is 0 Å². The molecule has 0 radical (unpaired) electrons. The molecule has 0 spiro atoms. The average molecular weight is 375 g/mol. The molecule has 2 heterocycles. The summed E-state index contributed by atoms with van der Waals surface area (Å²) in [5.74, 6) is 0.388. The maximum atomic E-state index is 13.6. The summed E-state index contributed by atoms with van der Waals surface area (Å²) in [5.41, 5.74) is 1.45. The van der Waals surface area contributed by atoms with Gasteiger partial charge in [0.05, 0.1) is 27.4 Å². The number of hydrogen-bond donors (Lipinski definition) is 0.